The van der Waals surface area contributed by atoms with E-state index in [4.69, 9.17) is 4.74 Å². The van der Waals surface area contributed by atoms with Crippen molar-refractivity contribution in [1.29, 1.82) is 0 Å². The van der Waals surface area contributed by atoms with E-state index in [0.717, 1.165) is 0 Å². The SMILES string of the molecule is CC1=CC2(CCC(O)(C(F)(F)F)O2)C(C)=CC1=O. The molecule has 2 unspecified atom stereocenters. The third kappa shape index (κ3) is 1.80. The van der Waals surface area contributed by atoms with Crippen molar-refractivity contribution in [3.8, 4) is 0 Å². The summed E-state index contributed by atoms with van der Waals surface area (Å²) in [4.78, 5) is 11.4. The maximum Gasteiger partial charge on any atom is 0.443 e. The predicted molar refractivity (Wildman–Crippen MR) is 56.6 cm³/mol. The number of hydrogen-bond acceptors (Lipinski definition) is 3. The van der Waals surface area contributed by atoms with Crippen LogP contribution in [0.15, 0.2) is 23.3 Å². The van der Waals surface area contributed by atoms with Crippen molar-refractivity contribution in [2.45, 2.75) is 44.3 Å². The summed E-state index contributed by atoms with van der Waals surface area (Å²) in [5.74, 6) is -3.39. The molecule has 0 aromatic carbocycles. The van der Waals surface area contributed by atoms with Crippen LogP contribution in [0.5, 0.6) is 0 Å². The summed E-state index contributed by atoms with van der Waals surface area (Å²) < 4.78 is 43.0. The fourth-order valence-electron chi connectivity index (χ4n) is 2.30. The lowest BCUT2D eigenvalue weighted by Crippen LogP contribution is -2.47. The lowest BCUT2D eigenvalue weighted by molar-refractivity contribution is -0.361. The van der Waals surface area contributed by atoms with E-state index in [2.05, 4.69) is 0 Å². The summed E-state index contributed by atoms with van der Waals surface area (Å²) in [6.45, 7) is 3.05. The van der Waals surface area contributed by atoms with E-state index in [1.165, 1.54) is 26.0 Å². The second-order valence-corrected chi connectivity index (χ2v) is 4.79. The van der Waals surface area contributed by atoms with Crippen LogP contribution >= 0.6 is 0 Å². The molecule has 0 aromatic heterocycles. The second-order valence-electron chi connectivity index (χ2n) is 4.79. The first-order chi connectivity index (χ1) is 8.10. The molecule has 1 aliphatic heterocycles. The molecule has 2 atom stereocenters. The van der Waals surface area contributed by atoms with E-state index in [0.29, 0.717) is 11.1 Å². The number of ketones is 1. The number of halogens is 3. The maximum atomic E-state index is 12.7. The number of carbonyl (C=O) groups excluding carboxylic acids is 1. The Morgan fingerprint density at radius 3 is 2.44 bits per heavy atom. The summed E-state index contributed by atoms with van der Waals surface area (Å²) in [5.41, 5.74) is -0.604. The Labute approximate surface area is 102 Å². The van der Waals surface area contributed by atoms with Crippen molar-refractivity contribution in [3.63, 3.8) is 0 Å². The lowest BCUT2D eigenvalue weighted by atomic mass is 9.84. The van der Waals surface area contributed by atoms with E-state index in [1.807, 2.05) is 0 Å². The number of alkyl halides is 3. The molecule has 0 amide bonds. The minimum atomic E-state index is -4.85. The largest absolute Gasteiger partial charge is 0.443 e. The highest BCUT2D eigenvalue weighted by molar-refractivity contribution is 6.05. The average molecular weight is 262 g/mol. The van der Waals surface area contributed by atoms with E-state index in [-0.39, 0.29) is 12.2 Å². The van der Waals surface area contributed by atoms with Gasteiger partial charge in [0.2, 0.25) is 0 Å². The van der Waals surface area contributed by atoms with Crippen molar-refractivity contribution in [1.82, 2.24) is 0 Å². The van der Waals surface area contributed by atoms with E-state index < -0.39 is 24.0 Å². The molecule has 0 aromatic rings. The highest BCUT2D eigenvalue weighted by atomic mass is 19.4. The van der Waals surface area contributed by atoms with Crippen LogP contribution in [0, 0.1) is 0 Å². The molecule has 1 fully saturated rings. The first-order valence-electron chi connectivity index (χ1n) is 5.51. The average Bonchev–Trinajstić information content (AvgIpc) is 2.55. The monoisotopic (exact) mass is 262 g/mol. The summed E-state index contributed by atoms with van der Waals surface area (Å²) in [5, 5.41) is 9.53. The third-order valence-electron chi connectivity index (χ3n) is 3.48. The van der Waals surface area contributed by atoms with Gasteiger partial charge < -0.3 is 9.84 Å². The molecule has 3 nitrogen and oxygen atoms in total. The van der Waals surface area contributed by atoms with Crippen LogP contribution in [0.3, 0.4) is 0 Å². The zero-order chi connectivity index (χ0) is 13.8. The zero-order valence-corrected chi connectivity index (χ0v) is 9.97. The number of rotatable bonds is 0. The van der Waals surface area contributed by atoms with Crippen LogP contribution in [-0.4, -0.2) is 28.5 Å². The number of aliphatic hydroxyl groups is 1. The number of ether oxygens (including phenoxy) is 1. The van der Waals surface area contributed by atoms with Gasteiger partial charge in [-0.05, 0) is 43.6 Å². The van der Waals surface area contributed by atoms with Crippen LogP contribution in [0.4, 0.5) is 13.2 Å². The van der Waals surface area contributed by atoms with Gasteiger partial charge in [0.15, 0.2) is 5.78 Å². The molecule has 1 aliphatic carbocycles. The van der Waals surface area contributed by atoms with Gasteiger partial charge in [0.05, 0.1) is 0 Å². The van der Waals surface area contributed by atoms with Gasteiger partial charge in [-0.15, -0.1) is 0 Å². The quantitative estimate of drug-likeness (QED) is 0.728. The van der Waals surface area contributed by atoms with Gasteiger partial charge in [-0.3, -0.25) is 4.79 Å². The van der Waals surface area contributed by atoms with E-state index >= 15 is 0 Å². The fraction of sp³-hybridized carbons (Fsp3) is 0.583. The molecular weight excluding hydrogens is 249 g/mol. The molecular formula is C12H13F3O3. The van der Waals surface area contributed by atoms with Crippen molar-refractivity contribution < 1.29 is 27.8 Å². The first-order valence-corrected chi connectivity index (χ1v) is 5.51. The van der Waals surface area contributed by atoms with Crippen LogP contribution < -0.4 is 0 Å². The fourth-order valence-corrected chi connectivity index (χ4v) is 2.30. The predicted octanol–water partition coefficient (Wildman–Crippen LogP) is 2.26. The number of carbonyl (C=O) groups is 1. The van der Waals surface area contributed by atoms with Gasteiger partial charge in [0.25, 0.3) is 5.79 Å². The Bertz CT molecular complexity index is 464. The van der Waals surface area contributed by atoms with Crippen molar-refractivity contribution in [2.75, 3.05) is 0 Å². The zero-order valence-electron chi connectivity index (χ0n) is 9.97. The molecule has 2 aliphatic rings. The van der Waals surface area contributed by atoms with Crippen LogP contribution in [0.25, 0.3) is 0 Å². The molecule has 2 rings (SSSR count). The molecule has 0 radical (unpaired) electrons. The molecule has 0 bridgehead atoms. The smallest absolute Gasteiger partial charge is 0.358 e. The number of hydrogen-bond donors (Lipinski definition) is 1. The van der Waals surface area contributed by atoms with Crippen LogP contribution in [0.2, 0.25) is 0 Å². The van der Waals surface area contributed by atoms with Gasteiger partial charge in [0, 0.05) is 6.42 Å². The first kappa shape index (κ1) is 13.3. The highest BCUT2D eigenvalue weighted by Gasteiger charge is 2.63. The summed E-state index contributed by atoms with van der Waals surface area (Å²) >= 11 is 0. The van der Waals surface area contributed by atoms with Crippen molar-refractivity contribution in [3.05, 3.63) is 23.3 Å². The minimum absolute atomic E-state index is 0.00400. The van der Waals surface area contributed by atoms with Gasteiger partial charge in [0.1, 0.15) is 5.60 Å². The summed E-state index contributed by atoms with van der Waals surface area (Å²) in [7, 11) is 0. The second kappa shape index (κ2) is 3.68. The molecule has 100 valence electrons. The van der Waals surface area contributed by atoms with Crippen LogP contribution in [0.1, 0.15) is 26.7 Å². The summed E-state index contributed by atoms with van der Waals surface area (Å²) in [6.07, 6.45) is -2.76. The standard InChI is InChI=1S/C12H13F3O3/c1-7-6-10(8(2)5-9(7)16)3-4-11(17,18-10)12(13,14)15/h5-6,17H,3-4H2,1-2H3. The lowest BCUT2D eigenvalue weighted by Gasteiger charge is -2.33. The van der Waals surface area contributed by atoms with E-state index in [1.54, 1.807) is 0 Å². The Hall–Kier alpha value is -1.14. The van der Waals surface area contributed by atoms with Crippen molar-refractivity contribution >= 4 is 5.78 Å². The molecule has 1 N–H and O–H groups in total. The summed E-state index contributed by atoms with van der Waals surface area (Å²) in [6, 6.07) is 0. The van der Waals surface area contributed by atoms with Crippen LogP contribution in [-0.2, 0) is 9.53 Å². The molecule has 18 heavy (non-hydrogen) atoms. The molecule has 6 heteroatoms. The maximum absolute atomic E-state index is 12.7. The van der Waals surface area contributed by atoms with Gasteiger partial charge in [-0.25, -0.2) is 0 Å². The number of allylic oxidation sites excluding steroid dienone is 2. The molecule has 1 spiro atoms. The third-order valence-corrected chi connectivity index (χ3v) is 3.48. The Balaban J connectivity index is 2.38. The molecule has 0 saturated carbocycles. The minimum Gasteiger partial charge on any atom is -0.358 e. The van der Waals surface area contributed by atoms with Gasteiger partial charge in [-0.1, -0.05) is 0 Å². The van der Waals surface area contributed by atoms with Gasteiger partial charge >= 0.3 is 6.18 Å². The highest BCUT2D eigenvalue weighted by Crippen LogP contribution is 2.50. The molecule has 1 heterocycles. The van der Waals surface area contributed by atoms with E-state index in [9.17, 15) is 23.1 Å². The molecule has 1 saturated heterocycles. The Morgan fingerprint density at radius 1 is 1.33 bits per heavy atom. The topological polar surface area (TPSA) is 46.5 Å². The van der Waals surface area contributed by atoms with Crippen molar-refractivity contribution in [2.24, 2.45) is 0 Å². The Morgan fingerprint density at radius 2 is 1.94 bits per heavy atom. The normalized spacial score (nSPS) is 36.9. The Kier molecular flexibility index (Phi) is 2.72. The van der Waals surface area contributed by atoms with Gasteiger partial charge in [-0.2, -0.15) is 13.2 Å².